The maximum absolute atomic E-state index is 11.5. The number of benzene rings is 1. The van der Waals surface area contributed by atoms with Crippen molar-refractivity contribution in [2.75, 3.05) is 11.9 Å². The Morgan fingerprint density at radius 1 is 1.29 bits per heavy atom. The lowest BCUT2D eigenvalue weighted by Gasteiger charge is -2.21. The summed E-state index contributed by atoms with van der Waals surface area (Å²) >= 11 is 3.41. The minimum atomic E-state index is -0.00204. The van der Waals surface area contributed by atoms with Crippen LogP contribution in [0.4, 0.5) is 5.69 Å². The molecule has 1 heterocycles. The van der Waals surface area contributed by atoms with Gasteiger partial charge in [-0.2, -0.15) is 0 Å². The minimum absolute atomic E-state index is 0.00204. The van der Waals surface area contributed by atoms with Gasteiger partial charge in [-0.05, 0) is 27.6 Å². The van der Waals surface area contributed by atoms with Gasteiger partial charge in [0.25, 0.3) is 0 Å². The van der Waals surface area contributed by atoms with Crippen molar-refractivity contribution in [2.24, 2.45) is 0 Å². The number of rotatable bonds is 6. The Balaban J connectivity index is 2.13. The molecule has 0 bridgehead atoms. The van der Waals surface area contributed by atoms with Gasteiger partial charge in [0.1, 0.15) is 0 Å². The Kier molecular flexibility index (Phi) is 5.75. The smallest absolute Gasteiger partial charge is 0.219 e. The number of pyridine rings is 1. The van der Waals surface area contributed by atoms with E-state index in [9.17, 15) is 4.79 Å². The van der Waals surface area contributed by atoms with E-state index in [0.717, 1.165) is 15.7 Å². The highest BCUT2D eigenvalue weighted by atomic mass is 79.9. The number of halogens is 1. The summed E-state index contributed by atoms with van der Waals surface area (Å²) in [7, 11) is 0. The van der Waals surface area contributed by atoms with Crippen LogP contribution < -0.4 is 10.6 Å². The van der Waals surface area contributed by atoms with Gasteiger partial charge in [0, 0.05) is 23.6 Å². The van der Waals surface area contributed by atoms with E-state index in [1.165, 1.54) is 0 Å². The second kappa shape index (κ2) is 7.78. The summed E-state index contributed by atoms with van der Waals surface area (Å²) in [5.41, 5.74) is 2.03. The molecule has 0 aliphatic rings. The van der Waals surface area contributed by atoms with Gasteiger partial charge < -0.3 is 10.6 Å². The summed E-state index contributed by atoms with van der Waals surface area (Å²) in [6.45, 7) is 2.38. The van der Waals surface area contributed by atoms with E-state index in [0.29, 0.717) is 13.0 Å². The van der Waals surface area contributed by atoms with E-state index in [4.69, 9.17) is 0 Å². The molecule has 4 nitrogen and oxygen atoms in total. The van der Waals surface area contributed by atoms with Crippen LogP contribution in [0, 0.1) is 0 Å². The molecule has 2 rings (SSSR count). The zero-order valence-corrected chi connectivity index (χ0v) is 13.4. The molecule has 1 atom stereocenters. The van der Waals surface area contributed by atoms with Gasteiger partial charge in [0.05, 0.1) is 17.9 Å². The molecule has 0 saturated carbocycles. The Hall–Kier alpha value is -1.88. The number of anilines is 1. The first kappa shape index (κ1) is 15.5. The molecule has 1 amide bonds. The Morgan fingerprint density at radius 2 is 2.05 bits per heavy atom. The molecular weight excluding hydrogens is 330 g/mol. The highest BCUT2D eigenvalue weighted by Crippen LogP contribution is 2.21. The van der Waals surface area contributed by atoms with Gasteiger partial charge in [-0.15, -0.1) is 0 Å². The van der Waals surface area contributed by atoms with Crippen LogP contribution in [0.25, 0.3) is 0 Å². The zero-order valence-electron chi connectivity index (χ0n) is 11.8. The van der Waals surface area contributed by atoms with E-state index in [2.05, 4.69) is 31.5 Å². The first-order chi connectivity index (χ1) is 10.2. The van der Waals surface area contributed by atoms with Crippen LogP contribution in [0.2, 0.25) is 0 Å². The molecule has 0 aliphatic heterocycles. The number of aromatic nitrogens is 1. The lowest BCUT2D eigenvalue weighted by molar-refractivity contribution is -0.120. The number of carbonyl (C=O) groups is 1. The molecule has 0 spiro atoms. The second-order valence-corrected chi connectivity index (χ2v) is 5.57. The zero-order chi connectivity index (χ0) is 15.1. The first-order valence-electron chi connectivity index (χ1n) is 6.87. The van der Waals surface area contributed by atoms with Gasteiger partial charge >= 0.3 is 0 Å². The minimum Gasteiger partial charge on any atom is -0.375 e. The van der Waals surface area contributed by atoms with E-state index in [1.54, 1.807) is 12.4 Å². The standard InChI is InChI=1S/C16H18BrN3O/c1-2-16(21)19-11-15(12-6-4-3-5-7-12)20-14-8-13(17)9-18-10-14/h3-10,15,20H,2,11H2,1H3,(H,19,21). The molecule has 1 aromatic heterocycles. The van der Waals surface area contributed by atoms with Crippen LogP contribution in [0.5, 0.6) is 0 Å². The van der Waals surface area contributed by atoms with Gasteiger partial charge in [-0.1, -0.05) is 37.3 Å². The predicted molar refractivity (Wildman–Crippen MR) is 88.0 cm³/mol. The fourth-order valence-corrected chi connectivity index (χ4v) is 2.34. The van der Waals surface area contributed by atoms with Crippen LogP contribution in [0.1, 0.15) is 24.9 Å². The Labute approximate surface area is 133 Å². The van der Waals surface area contributed by atoms with Crippen molar-refractivity contribution in [3.8, 4) is 0 Å². The van der Waals surface area contributed by atoms with Gasteiger partial charge in [0.15, 0.2) is 0 Å². The number of nitrogens with one attached hydrogen (secondary N) is 2. The Bertz CT molecular complexity index is 589. The van der Waals surface area contributed by atoms with Crippen LogP contribution in [-0.2, 0) is 4.79 Å². The number of carbonyl (C=O) groups excluding carboxylic acids is 1. The SMILES string of the molecule is CCC(=O)NCC(Nc1cncc(Br)c1)c1ccccc1. The van der Waals surface area contributed by atoms with E-state index >= 15 is 0 Å². The largest absolute Gasteiger partial charge is 0.375 e. The van der Waals surface area contributed by atoms with Crippen molar-refractivity contribution < 1.29 is 4.79 Å². The monoisotopic (exact) mass is 347 g/mol. The highest BCUT2D eigenvalue weighted by Gasteiger charge is 2.12. The second-order valence-electron chi connectivity index (χ2n) is 4.66. The summed E-state index contributed by atoms with van der Waals surface area (Å²) in [4.78, 5) is 15.6. The topological polar surface area (TPSA) is 54.0 Å². The summed E-state index contributed by atoms with van der Waals surface area (Å²) < 4.78 is 0.914. The molecule has 0 fully saturated rings. The van der Waals surface area contributed by atoms with Gasteiger partial charge in [-0.3, -0.25) is 9.78 Å². The molecule has 2 N–H and O–H groups in total. The van der Waals surface area contributed by atoms with Crippen molar-refractivity contribution in [1.82, 2.24) is 10.3 Å². The molecule has 21 heavy (non-hydrogen) atoms. The molecule has 110 valence electrons. The Morgan fingerprint density at radius 3 is 2.71 bits per heavy atom. The third kappa shape index (κ3) is 4.86. The maximum Gasteiger partial charge on any atom is 0.219 e. The molecule has 2 aromatic rings. The van der Waals surface area contributed by atoms with E-state index < -0.39 is 0 Å². The number of hydrogen-bond acceptors (Lipinski definition) is 3. The van der Waals surface area contributed by atoms with Crippen LogP contribution in [0.3, 0.4) is 0 Å². The van der Waals surface area contributed by atoms with Crippen molar-refractivity contribution >= 4 is 27.5 Å². The molecule has 0 radical (unpaired) electrons. The number of nitrogens with zero attached hydrogens (tertiary/aromatic N) is 1. The van der Waals surface area contributed by atoms with E-state index in [-0.39, 0.29) is 11.9 Å². The maximum atomic E-state index is 11.5. The third-order valence-electron chi connectivity index (χ3n) is 3.07. The quantitative estimate of drug-likeness (QED) is 0.840. The molecule has 1 unspecified atom stereocenters. The van der Waals surface area contributed by atoms with Gasteiger partial charge in [0.2, 0.25) is 5.91 Å². The summed E-state index contributed by atoms with van der Waals surface area (Å²) in [5.74, 6) is 0.0464. The van der Waals surface area contributed by atoms with Crippen LogP contribution >= 0.6 is 15.9 Å². The average Bonchev–Trinajstić information content (AvgIpc) is 2.52. The van der Waals surface area contributed by atoms with Crippen molar-refractivity contribution in [3.05, 3.63) is 58.8 Å². The fraction of sp³-hybridized carbons (Fsp3) is 0.250. The fourth-order valence-electron chi connectivity index (χ4n) is 1.97. The summed E-state index contributed by atoms with van der Waals surface area (Å²) in [5, 5.41) is 6.34. The van der Waals surface area contributed by atoms with Crippen molar-refractivity contribution in [3.63, 3.8) is 0 Å². The highest BCUT2D eigenvalue weighted by molar-refractivity contribution is 9.10. The number of hydrogen-bond donors (Lipinski definition) is 2. The van der Waals surface area contributed by atoms with E-state index in [1.807, 2.05) is 43.3 Å². The normalized spacial score (nSPS) is 11.7. The predicted octanol–water partition coefficient (Wildman–Crippen LogP) is 3.52. The molecular formula is C16H18BrN3O. The third-order valence-corrected chi connectivity index (χ3v) is 3.51. The molecule has 0 saturated heterocycles. The van der Waals surface area contributed by atoms with Gasteiger partial charge in [-0.25, -0.2) is 0 Å². The summed E-state index contributed by atoms with van der Waals surface area (Å²) in [6.07, 6.45) is 3.99. The van der Waals surface area contributed by atoms with Crippen molar-refractivity contribution in [1.29, 1.82) is 0 Å². The lowest BCUT2D eigenvalue weighted by Crippen LogP contribution is -2.31. The van der Waals surface area contributed by atoms with Crippen molar-refractivity contribution in [2.45, 2.75) is 19.4 Å². The molecule has 1 aromatic carbocycles. The molecule has 0 aliphatic carbocycles. The summed E-state index contributed by atoms with van der Waals surface area (Å²) in [6, 6.07) is 12.0. The lowest BCUT2D eigenvalue weighted by atomic mass is 10.1. The average molecular weight is 348 g/mol. The van der Waals surface area contributed by atoms with Crippen LogP contribution in [0.15, 0.2) is 53.3 Å². The first-order valence-corrected chi connectivity index (χ1v) is 7.67. The molecule has 5 heteroatoms. The number of amides is 1. The van der Waals surface area contributed by atoms with Crippen LogP contribution in [-0.4, -0.2) is 17.4 Å².